The molecule has 1 atom stereocenters. The zero-order chi connectivity index (χ0) is 22.5. The predicted octanol–water partition coefficient (Wildman–Crippen LogP) is 4.72. The van der Waals surface area contributed by atoms with E-state index in [1.165, 1.54) is 51.4 Å². The van der Waals surface area contributed by atoms with Crippen LogP contribution in [0.3, 0.4) is 0 Å². The lowest BCUT2D eigenvalue weighted by atomic mass is 10.0. The zero-order valence-electron chi connectivity index (χ0n) is 18.4. The van der Waals surface area contributed by atoms with Gasteiger partial charge in [-0.25, -0.2) is 0 Å². The highest BCUT2D eigenvalue weighted by atomic mass is 16.4. The van der Waals surface area contributed by atoms with Gasteiger partial charge in [-0.15, -0.1) is 0 Å². The molecule has 30 heavy (non-hydrogen) atoms. The lowest BCUT2D eigenvalue weighted by molar-refractivity contribution is -0.144. The van der Waals surface area contributed by atoms with Crippen LogP contribution in [0.4, 0.5) is 0 Å². The fourth-order valence-electron chi connectivity index (χ4n) is 3.39. The van der Waals surface area contributed by atoms with E-state index in [0.717, 1.165) is 38.5 Å². The van der Waals surface area contributed by atoms with Gasteiger partial charge in [0.05, 0.1) is 0 Å². The Kier molecular flexibility index (Phi) is 19.1. The number of carbonyl (C=O) groups is 4. The number of carboxylic acids is 2. The minimum atomic E-state index is -1.15. The number of hydrogen-bond acceptors (Lipinski definition) is 4. The van der Waals surface area contributed by atoms with Crippen LogP contribution in [0.2, 0.25) is 0 Å². The Morgan fingerprint density at radius 1 is 0.667 bits per heavy atom. The number of hydrogen-bond donors (Lipinski definition) is 3. The Labute approximate surface area is 181 Å². The molecule has 0 aliphatic carbocycles. The fraction of sp³-hybridized carbons (Fsp3) is 0.826. The fourth-order valence-corrected chi connectivity index (χ4v) is 3.39. The number of aliphatic carboxylic acids is 2. The van der Waals surface area contributed by atoms with Crippen LogP contribution in [0, 0.1) is 5.92 Å². The molecule has 3 N–H and O–H groups in total. The standard InChI is InChI=1S/C23H41NO6/c25-19-20(23(29)30)17-18-24-21(26)15-13-11-9-7-5-3-1-2-4-6-8-10-12-14-16-22(27)28/h19-20H,1-18H2,(H,24,26)(H,27,28)(H,29,30). The van der Waals surface area contributed by atoms with Gasteiger partial charge in [-0.05, 0) is 19.3 Å². The maximum absolute atomic E-state index is 11.7. The molecule has 0 fully saturated rings. The van der Waals surface area contributed by atoms with E-state index >= 15 is 0 Å². The van der Waals surface area contributed by atoms with E-state index in [1.54, 1.807) is 0 Å². The van der Waals surface area contributed by atoms with Crippen molar-refractivity contribution >= 4 is 24.1 Å². The van der Waals surface area contributed by atoms with E-state index in [0.29, 0.717) is 19.1 Å². The third-order valence-corrected chi connectivity index (χ3v) is 5.30. The molecule has 7 heteroatoms. The van der Waals surface area contributed by atoms with Crippen molar-refractivity contribution < 1.29 is 29.4 Å². The van der Waals surface area contributed by atoms with Crippen LogP contribution in [0.25, 0.3) is 0 Å². The first kappa shape index (κ1) is 28.1. The van der Waals surface area contributed by atoms with Gasteiger partial charge in [-0.3, -0.25) is 14.4 Å². The maximum Gasteiger partial charge on any atom is 0.313 e. The average Bonchev–Trinajstić information content (AvgIpc) is 2.70. The highest BCUT2D eigenvalue weighted by Crippen LogP contribution is 2.13. The number of nitrogens with one attached hydrogen (secondary N) is 1. The van der Waals surface area contributed by atoms with Crippen LogP contribution >= 0.6 is 0 Å². The van der Waals surface area contributed by atoms with Gasteiger partial charge in [-0.2, -0.15) is 0 Å². The van der Waals surface area contributed by atoms with Gasteiger partial charge >= 0.3 is 11.9 Å². The number of aldehydes is 1. The molecule has 0 aromatic rings. The zero-order valence-corrected chi connectivity index (χ0v) is 18.4. The second kappa shape index (κ2) is 20.4. The van der Waals surface area contributed by atoms with E-state index in [4.69, 9.17) is 10.2 Å². The minimum absolute atomic E-state index is 0.0769. The Balaban J connectivity index is 3.27. The summed E-state index contributed by atoms with van der Waals surface area (Å²) in [6, 6.07) is 0. The Morgan fingerprint density at radius 2 is 1.07 bits per heavy atom. The number of unbranched alkanes of at least 4 members (excludes halogenated alkanes) is 13. The molecule has 0 saturated carbocycles. The highest BCUT2D eigenvalue weighted by Gasteiger charge is 2.15. The van der Waals surface area contributed by atoms with Crippen molar-refractivity contribution in [2.24, 2.45) is 5.92 Å². The topological polar surface area (TPSA) is 121 Å². The van der Waals surface area contributed by atoms with Gasteiger partial charge in [-0.1, -0.05) is 77.0 Å². The summed E-state index contributed by atoms with van der Waals surface area (Å²) in [5, 5.41) is 20.0. The van der Waals surface area contributed by atoms with Gasteiger partial charge < -0.3 is 20.3 Å². The molecular weight excluding hydrogens is 386 g/mol. The van der Waals surface area contributed by atoms with Crippen molar-refractivity contribution in [3.8, 4) is 0 Å². The van der Waals surface area contributed by atoms with E-state index in [9.17, 15) is 19.2 Å². The molecule has 1 unspecified atom stereocenters. The summed E-state index contributed by atoms with van der Waals surface area (Å²) in [6.45, 7) is 0.221. The first-order valence-corrected chi connectivity index (χ1v) is 11.6. The predicted molar refractivity (Wildman–Crippen MR) is 116 cm³/mol. The maximum atomic E-state index is 11.7. The van der Waals surface area contributed by atoms with E-state index < -0.39 is 17.9 Å². The van der Waals surface area contributed by atoms with Crippen molar-refractivity contribution in [2.75, 3.05) is 6.54 Å². The average molecular weight is 428 g/mol. The third-order valence-electron chi connectivity index (χ3n) is 5.30. The molecule has 0 heterocycles. The lowest BCUT2D eigenvalue weighted by Crippen LogP contribution is -2.28. The number of amides is 1. The van der Waals surface area contributed by atoms with Gasteiger partial charge in [0, 0.05) is 19.4 Å². The summed E-state index contributed by atoms with van der Waals surface area (Å²) in [5.74, 6) is -2.96. The summed E-state index contributed by atoms with van der Waals surface area (Å²) in [4.78, 5) is 43.3. The SMILES string of the molecule is O=CC(CCNC(=O)CCCCCCCCCCCCCCCCC(=O)O)C(=O)O. The summed E-state index contributed by atoms with van der Waals surface area (Å²) >= 11 is 0. The molecule has 0 bridgehead atoms. The van der Waals surface area contributed by atoms with Gasteiger partial charge in [0.25, 0.3) is 0 Å². The van der Waals surface area contributed by atoms with Crippen LogP contribution in [-0.2, 0) is 19.2 Å². The van der Waals surface area contributed by atoms with Gasteiger partial charge in [0.15, 0.2) is 0 Å². The molecule has 1 amide bonds. The van der Waals surface area contributed by atoms with Crippen LogP contribution in [-0.4, -0.2) is 40.9 Å². The smallest absolute Gasteiger partial charge is 0.313 e. The van der Waals surface area contributed by atoms with Crippen molar-refractivity contribution in [3.63, 3.8) is 0 Å². The van der Waals surface area contributed by atoms with Crippen molar-refractivity contribution in [3.05, 3.63) is 0 Å². The molecule has 0 aromatic heterocycles. The molecule has 0 aliphatic rings. The van der Waals surface area contributed by atoms with Crippen LogP contribution in [0.1, 0.15) is 109 Å². The molecule has 0 aromatic carbocycles. The molecule has 174 valence electrons. The molecular formula is C23H41NO6. The molecule has 0 rings (SSSR count). The lowest BCUT2D eigenvalue weighted by Gasteiger charge is -2.07. The second-order valence-corrected chi connectivity index (χ2v) is 8.06. The quantitative estimate of drug-likeness (QED) is 0.131. The summed E-state index contributed by atoms with van der Waals surface area (Å²) in [6.07, 6.45) is 17.3. The first-order valence-electron chi connectivity index (χ1n) is 11.6. The largest absolute Gasteiger partial charge is 0.481 e. The van der Waals surface area contributed by atoms with Crippen LogP contribution in [0.15, 0.2) is 0 Å². The molecule has 7 nitrogen and oxygen atoms in total. The molecule has 0 radical (unpaired) electrons. The monoisotopic (exact) mass is 427 g/mol. The summed E-state index contributed by atoms with van der Waals surface area (Å²) in [7, 11) is 0. The molecule has 0 aliphatic heterocycles. The van der Waals surface area contributed by atoms with E-state index in [1.807, 2.05) is 0 Å². The van der Waals surface area contributed by atoms with E-state index in [-0.39, 0.29) is 18.9 Å². The molecule has 0 saturated heterocycles. The number of rotatable bonds is 22. The van der Waals surface area contributed by atoms with Crippen molar-refractivity contribution in [2.45, 2.75) is 109 Å². The van der Waals surface area contributed by atoms with Gasteiger partial charge in [0.2, 0.25) is 5.91 Å². The second-order valence-electron chi connectivity index (χ2n) is 8.06. The van der Waals surface area contributed by atoms with Gasteiger partial charge in [0.1, 0.15) is 12.2 Å². The normalized spacial score (nSPS) is 11.7. The van der Waals surface area contributed by atoms with Crippen molar-refractivity contribution in [1.29, 1.82) is 0 Å². The van der Waals surface area contributed by atoms with Crippen LogP contribution < -0.4 is 5.32 Å². The van der Waals surface area contributed by atoms with Crippen molar-refractivity contribution in [1.82, 2.24) is 5.32 Å². The third kappa shape index (κ3) is 19.4. The van der Waals surface area contributed by atoms with Crippen LogP contribution in [0.5, 0.6) is 0 Å². The number of carboxylic acid groups (broad SMARTS) is 2. The molecule has 0 spiro atoms. The highest BCUT2D eigenvalue weighted by molar-refractivity contribution is 5.86. The number of carbonyl (C=O) groups excluding carboxylic acids is 2. The Hall–Kier alpha value is -1.92. The Morgan fingerprint density at radius 3 is 1.43 bits per heavy atom. The summed E-state index contributed by atoms with van der Waals surface area (Å²) < 4.78 is 0. The minimum Gasteiger partial charge on any atom is -0.481 e. The first-order chi connectivity index (χ1) is 14.5. The summed E-state index contributed by atoms with van der Waals surface area (Å²) in [5.41, 5.74) is 0. The Bertz CT molecular complexity index is 480. The van der Waals surface area contributed by atoms with E-state index in [2.05, 4.69) is 5.32 Å².